The van der Waals surface area contributed by atoms with Crippen LogP contribution in [0, 0.1) is 5.82 Å². The number of nitrogens with zero attached hydrogens (tertiary/aromatic N) is 1. The minimum atomic E-state index is -0.746. The van der Waals surface area contributed by atoms with E-state index in [1.807, 2.05) is 0 Å². The SMILES string of the molecule is COc1cc(C2(N=C=O)CC2)c(F)cc1Cl. The standard InChI is InChI=1S/C11H9ClFNO2/c1-16-10-4-7(9(13)5-8(10)12)11(2-3-11)14-6-15/h4-5H,2-3H2,1H3. The molecule has 0 N–H and O–H groups in total. The lowest BCUT2D eigenvalue weighted by atomic mass is 10.0. The summed E-state index contributed by atoms with van der Waals surface area (Å²) in [5.41, 5.74) is -0.402. The van der Waals surface area contributed by atoms with E-state index in [0.717, 1.165) is 0 Å². The molecule has 0 atom stereocenters. The zero-order valence-electron chi connectivity index (χ0n) is 8.59. The highest BCUT2D eigenvalue weighted by atomic mass is 35.5. The van der Waals surface area contributed by atoms with E-state index in [4.69, 9.17) is 16.3 Å². The van der Waals surface area contributed by atoms with E-state index in [0.29, 0.717) is 24.2 Å². The molecule has 1 aliphatic carbocycles. The summed E-state index contributed by atoms with van der Waals surface area (Å²) in [5, 5.41) is 0.203. The third kappa shape index (κ3) is 1.70. The molecular formula is C11H9ClFNO2. The van der Waals surface area contributed by atoms with Gasteiger partial charge in [-0.2, -0.15) is 4.99 Å². The Hall–Kier alpha value is -1.38. The molecule has 1 aliphatic rings. The number of benzene rings is 1. The number of halogens is 2. The van der Waals surface area contributed by atoms with E-state index >= 15 is 0 Å². The van der Waals surface area contributed by atoms with Crippen molar-refractivity contribution in [2.45, 2.75) is 18.4 Å². The van der Waals surface area contributed by atoms with Crippen LogP contribution >= 0.6 is 11.6 Å². The highest BCUT2D eigenvalue weighted by molar-refractivity contribution is 6.32. The Morgan fingerprint density at radius 2 is 2.25 bits per heavy atom. The zero-order chi connectivity index (χ0) is 11.8. The average Bonchev–Trinajstić information content (AvgIpc) is 2.99. The smallest absolute Gasteiger partial charge is 0.235 e. The van der Waals surface area contributed by atoms with E-state index in [2.05, 4.69) is 4.99 Å². The van der Waals surface area contributed by atoms with Gasteiger partial charge in [-0.25, -0.2) is 9.18 Å². The number of ether oxygens (including phenoxy) is 1. The monoisotopic (exact) mass is 241 g/mol. The van der Waals surface area contributed by atoms with Gasteiger partial charge in [-0.1, -0.05) is 11.6 Å². The molecule has 0 radical (unpaired) electrons. The largest absolute Gasteiger partial charge is 0.495 e. The molecular weight excluding hydrogens is 233 g/mol. The Morgan fingerprint density at radius 1 is 1.56 bits per heavy atom. The van der Waals surface area contributed by atoms with Crippen molar-refractivity contribution < 1.29 is 13.9 Å². The fourth-order valence-electron chi connectivity index (χ4n) is 1.69. The van der Waals surface area contributed by atoms with Crippen LogP contribution in [0.15, 0.2) is 17.1 Å². The summed E-state index contributed by atoms with van der Waals surface area (Å²) in [5.74, 6) is -0.0901. The molecule has 1 fully saturated rings. The van der Waals surface area contributed by atoms with Crippen LogP contribution in [-0.4, -0.2) is 13.2 Å². The normalized spacial score (nSPS) is 16.4. The van der Waals surface area contributed by atoms with Crippen molar-refractivity contribution in [1.29, 1.82) is 0 Å². The van der Waals surface area contributed by atoms with Gasteiger partial charge in [0.25, 0.3) is 0 Å². The van der Waals surface area contributed by atoms with Crippen LogP contribution in [0.1, 0.15) is 18.4 Å². The van der Waals surface area contributed by atoms with Crippen LogP contribution in [0.25, 0.3) is 0 Å². The second-order valence-electron chi connectivity index (χ2n) is 3.70. The quantitative estimate of drug-likeness (QED) is 0.603. The van der Waals surface area contributed by atoms with Crippen LogP contribution in [0.3, 0.4) is 0 Å². The van der Waals surface area contributed by atoms with Crippen LogP contribution in [-0.2, 0) is 10.3 Å². The zero-order valence-corrected chi connectivity index (χ0v) is 9.34. The van der Waals surface area contributed by atoms with Crippen molar-refractivity contribution in [2.75, 3.05) is 7.11 Å². The molecule has 0 saturated heterocycles. The molecule has 0 heterocycles. The van der Waals surface area contributed by atoms with Crippen LogP contribution < -0.4 is 4.74 Å². The van der Waals surface area contributed by atoms with Gasteiger partial charge in [0.2, 0.25) is 6.08 Å². The fraction of sp³-hybridized carbons (Fsp3) is 0.364. The third-order valence-corrected chi connectivity index (χ3v) is 3.02. The summed E-state index contributed by atoms with van der Waals surface area (Å²) in [7, 11) is 1.45. The fourth-order valence-corrected chi connectivity index (χ4v) is 1.92. The van der Waals surface area contributed by atoms with Crippen molar-refractivity contribution in [2.24, 2.45) is 4.99 Å². The summed E-state index contributed by atoms with van der Waals surface area (Å²) in [6.07, 6.45) is 2.77. The number of aliphatic imine (C=N–C) groups is 1. The van der Waals surface area contributed by atoms with E-state index in [1.165, 1.54) is 25.3 Å². The topological polar surface area (TPSA) is 38.7 Å². The van der Waals surface area contributed by atoms with Gasteiger partial charge in [0.15, 0.2) is 0 Å². The lowest BCUT2D eigenvalue weighted by Gasteiger charge is -2.12. The molecule has 0 bridgehead atoms. The first-order valence-corrected chi connectivity index (χ1v) is 5.13. The first kappa shape index (κ1) is 11.1. The molecule has 1 aromatic rings. The maximum absolute atomic E-state index is 13.7. The van der Waals surface area contributed by atoms with E-state index in [9.17, 15) is 9.18 Å². The Kier molecular flexibility index (Phi) is 2.70. The second-order valence-corrected chi connectivity index (χ2v) is 4.11. The predicted octanol–water partition coefficient (Wildman–Crippen LogP) is 2.81. The summed E-state index contributed by atoms with van der Waals surface area (Å²) in [6, 6.07) is 2.67. The lowest BCUT2D eigenvalue weighted by Crippen LogP contribution is -2.06. The van der Waals surface area contributed by atoms with Gasteiger partial charge >= 0.3 is 0 Å². The van der Waals surface area contributed by atoms with Crippen molar-refractivity contribution in [1.82, 2.24) is 0 Å². The Bertz CT molecular complexity index is 479. The molecule has 3 nitrogen and oxygen atoms in total. The molecule has 0 aromatic heterocycles. The molecule has 0 aliphatic heterocycles. The molecule has 0 unspecified atom stereocenters. The van der Waals surface area contributed by atoms with Crippen molar-refractivity contribution in [3.63, 3.8) is 0 Å². The van der Waals surface area contributed by atoms with Gasteiger partial charge < -0.3 is 4.74 Å². The number of rotatable bonds is 3. The lowest BCUT2D eigenvalue weighted by molar-refractivity contribution is 0.412. The predicted molar refractivity (Wildman–Crippen MR) is 57.0 cm³/mol. The summed E-state index contributed by atoms with van der Waals surface area (Å²) < 4.78 is 18.7. The average molecular weight is 242 g/mol. The highest BCUT2D eigenvalue weighted by Crippen LogP contribution is 2.51. The first-order valence-electron chi connectivity index (χ1n) is 4.75. The van der Waals surface area contributed by atoms with Crippen molar-refractivity contribution >= 4 is 17.7 Å². The van der Waals surface area contributed by atoms with Crippen molar-refractivity contribution in [3.8, 4) is 5.75 Å². The van der Waals surface area contributed by atoms with Crippen LogP contribution in [0.5, 0.6) is 5.75 Å². The van der Waals surface area contributed by atoms with Crippen LogP contribution in [0.2, 0.25) is 5.02 Å². The Labute approximate surface area is 96.9 Å². The molecule has 16 heavy (non-hydrogen) atoms. The number of hydrogen-bond acceptors (Lipinski definition) is 3. The Balaban J connectivity index is 2.53. The van der Waals surface area contributed by atoms with Gasteiger partial charge in [-0.05, 0) is 25.0 Å². The number of carbonyl (C=O) groups excluding carboxylic acids is 1. The number of hydrogen-bond donors (Lipinski definition) is 0. The van der Waals surface area contributed by atoms with Gasteiger partial charge in [-0.3, -0.25) is 0 Å². The molecule has 1 aromatic carbocycles. The maximum Gasteiger partial charge on any atom is 0.235 e. The summed E-state index contributed by atoms with van der Waals surface area (Å²) in [6.45, 7) is 0. The maximum atomic E-state index is 13.7. The molecule has 0 amide bonds. The van der Waals surface area contributed by atoms with Gasteiger partial charge in [-0.15, -0.1) is 0 Å². The molecule has 2 rings (SSSR count). The van der Waals surface area contributed by atoms with E-state index < -0.39 is 11.4 Å². The van der Waals surface area contributed by atoms with E-state index in [-0.39, 0.29) is 5.02 Å². The molecule has 1 saturated carbocycles. The van der Waals surface area contributed by atoms with Gasteiger partial charge in [0.05, 0.1) is 12.1 Å². The van der Waals surface area contributed by atoms with Crippen LogP contribution in [0.4, 0.5) is 4.39 Å². The molecule has 0 spiro atoms. The number of methoxy groups -OCH3 is 1. The third-order valence-electron chi connectivity index (χ3n) is 2.73. The minimum absolute atomic E-state index is 0.203. The minimum Gasteiger partial charge on any atom is -0.495 e. The Morgan fingerprint density at radius 3 is 2.75 bits per heavy atom. The highest BCUT2D eigenvalue weighted by Gasteiger charge is 2.47. The summed E-state index contributed by atoms with van der Waals surface area (Å²) >= 11 is 5.78. The first-order chi connectivity index (χ1) is 7.63. The second kappa shape index (κ2) is 3.89. The molecule has 84 valence electrons. The molecule has 5 heteroatoms. The number of isocyanates is 1. The van der Waals surface area contributed by atoms with Crippen molar-refractivity contribution in [3.05, 3.63) is 28.5 Å². The van der Waals surface area contributed by atoms with Gasteiger partial charge in [0.1, 0.15) is 17.1 Å². The summed E-state index contributed by atoms with van der Waals surface area (Å²) in [4.78, 5) is 14.0. The van der Waals surface area contributed by atoms with Gasteiger partial charge in [0, 0.05) is 5.56 Å². The van der Waals surface area contributed by atoms with E-state index in [1.54, 1.807) is 0 Å².